The van der Waals surface area contributed by atoms with Gasteiger partial charge in [-0.15, -0.1) is 0 Å². The Morgan fingerprint density at radius 1 is 0.868 bits per heavy atom. The number of aliphatic hydroxyl groups is 1. The predicted octanol–water partition coefficient (Wildman–Crippen LogP) is -3.04. The van der Waals surface area contributed by atoms with E-state index < -0.39 is 126 Å². The summed E-state index contributed by atoms with van der Waals surface area (Å²) in [4.78, 5) is 135. The largest absolute Gasteiger partial charge is 0.494 e. The van der Waals surface area contributed by atoms with Gasteiger partial charge in [0, 0.05) is 30.9 Å². The average molecular weight is 994 g/mol. The SMILES string of the molecule is CCOc1ccc(CC2NC(=O)CCSSCC(C(=O)N3CCC[C@H]3C(=O)N[C@@H](CCCN)C(=O)NCC(N)=O)NC(=O)[C@H](CC(N)=O)NC(=O)C([C@@H](C)O)NC(=O)[C@H]([C@@H](C)CC)NC2=O)cc1. The zero-order chi connectivity index (χ0) is 50.5. The maximum absolute atomic E-state index is 14.4. The first-order valence-corrected chi connectivity index (χ1v) is 25.1. The van der Waals surface area contributed by atoms with Crippen LogP contribution in [0.4, 0.5) is 0 Å². The highest BCUT2D eigenvalue weighted by atomic mass is 33.1. The molecule has 14 N–H and O–H groups in total. The number of aliphatic hydroxyl groups excluding tert-OH is 1. The molecule has 1 aromatic rings. The lowest BCUT2D eigenvalue weighted by Gasteiger charge is -2.31. The van der Waals surface area contributed by atoms with Gasteiger partial charge in [-0.2, -0.15) is 0 Å². The van der Waals surface area contributed by atoms with Crippen molar-refractivity contribution in [3.8, 4) is 5.75 Å². The minimum Gasteiger partial charge on any atom is -0.494 e. The van der Waals surface area contributed by atoms with Gasteiger partial charge in [-0.25, -0.2) is 0 Å². The number of ether oxygens (including phenoxy) is 1. The summed E-state index contributed by atoms with van der Waals surface area (Å²) >= 11 is 0. The van der Waals surface area contributed by atoms with Crippen molar-refractivity contribution in [2.24, 2.45) is 23.1 Å². The van der Waals surface area contributed by atoms with Crippen molar-refractivity contribution >= 4 is 80.7 Å². The fraction of sp³-hybridized carbons (Fsp3) is 0.628. The molecule has 9 atom stereocenters. The van der Waals surface area contributed by atoms with Crippen molar-refractivity contribution in [2.45, 2.75) is 127 Å². The highest BCUT2D eigenvalue weighted by molar-refractivity contribution is 8.76. The molecule has 0 radical (unpaired) electrons. The van der Waals surface area contributed by atoms with Gasteiger partial charge in [-0.05, 0) is 69.7 Å². The summed E-state index contributed by atoms with van der Waals surface area (Å²) in [6.07, 6.45) is -1.05. The molecule has 2 fully saturated rings. The second-order valence-electron chi connectivity index (χ2n) is 16.5. The van der Waals surface area contributed by atoms with Gasteiger partial charge < -0.3 is 69.2 Å². The molecule has 23 nitrogen and oxygen atoms in total. The molecule has 0 bridgehead atoms. The van der Waals surface area contributed by atoms with Crippen molar-refractivity contribution in [3.05, 3.63) is 29.8 Å². The van der Waals surface area contributed by atoms with Crippen molar-refractivity contribution in [1.82, 2.24) is 42.1 Å². The summed E-state index contributed by atoms with van der Waals surface area (Å²) in [5.74, 6) is -8.07. The molecular formula is C43H67N11O12S2. The van der Waals surface area contributed by atoms with Crippen molar-refractivity contribution in [2.75, 3.05) is 37.7 Å². The number of rotatable bonds is 18. The number of hydrogen-bond acceptors (Lipinski definition) is 15. The molecule has 3 rings (SSSR count). The van der Waals surface area contributed by atoms with Crippen LogP contribution in [-0.4, -0.2) is 155 Å². The van der Waals surface area contributed by atoms with Crippen LogP contribution in [0.15, 0.2) is 24.3 Å². The van der Waals surface area contributed by atoms with E-state index in [0.717, 1.165) is 10.8 Å². The Bertz CT molecular complexity index is 1950. The van der Waals surface area contributed by atoms with Gasteiger partial charge in [0.15, 0.2) is 0 Å². The van der Waals surface area contributed by atoms with Crippen LogP contribution in [0, 0.1) is 5.92 Å². The van der Waals surface area contributed by atoms with E-state index in [-0.39, 0.29) is 50.3 Å². The van der Waals surface area contributed by atoms with Crippen LogP contribution in [0.5, 0.6) is 5.75 Å². The molecule has 2 aliphatic heterocycles. The van der Waals surface area contributed by atoms with Gasteiger partial charge in [-0.3, -0.25) is 47.9 Å². The van der Waals surface area contributed by atoms with Crippen LogP contribution < -0.4 is 59.2 Å². The van der Waals surface area contributed by atoms with Gasteiger partial charge in [0.25, 0.3) is 0 Å². The molecule has 10 amide bonds. The van der Waals surface area contributed by atoms with Gasteiger partial charge in [0.1, 0.15) is 48.0 Å². The summed E-state index contributed by atoms with van der Waals surface area (Å²) in [5, 5.41) is 28.7. The summed E-state index contributed by atoms with van der Waals surface area (Å²) in [5.41, 5.74) is 17.0. The van der Waals surface area contributed by atoms with E-state index in [9.17, 15) is 53.1 Å². The number of likely N-dealkylation sites (tertiary alicyclic amines) is 1. The van der Waals surface area contributed by atoms with E-state index in [1.165, 1.54) is 22.6 Å². The topological polar surface area (TPSA) is 366 Å². The minimum absolute atomic E-state index is 0.0243. The van der Waals surface area contributed by atoms with E-state index in [0.29, 0.717) is 37.2 Å². The summed E-state index contributed by atoms with van der Waals surface area (Å²) < 4.78 is 5.53. The first-order valence-electron chi connectivity index (χ1n) is 22.6. The number of nitrogens with two attached hydrogens (primary N) is 3. The number of primary amides is 2. The molecule has 0 aromatic heterocycles. The normalized spacial score (nSPS) is 23.8. The number of nitrogens with zero attached hydrogens (tertiary/aromatic N) is 1. The van der Waals surface area contributed by atoms with Gasteiger partial charge in [0.05, 0.1) is 25.7 Å². The number of hydrogen-bond donors (Lipinski definition) is 11. The van der Waals surface area contributed by atoms with Gasteiger partial charge in [-0.1, -0.05) is 54.0 Å². The van der Waals surface area contributed by atoms with Crippen molar-refractivity contribution in [3.63, 3.8) is 0 Å². The van der Waals surface area contributed by atoms with E-state index >= 15 is 0 Å². The predicted molar refractivity (Wildman–Crippen MR) is 253 cm³/mol. The number of amides is 10. The molecule has 25 heteroatoms. The Hall–Kier alpha value is -5.66. The lowest BCUT2D eigenvalue weighted by atomic mass is 9.96. The summed E-state index contributed by atoms with van der Waals surface area (Å²) in [7, 11) is 2.27. The van der Waals surface area contributed by atoms with Gasteiger partial charge >= 0.3 is 0 Å². The minimum atomic E-state index is -1.74. The second-order valence-corrected chi connectivity index (χ2v) is 19.1. The molecule has 0 spiro atoms. The van der Waals surface area contributed by atoms with E-state index in [2.05, 4.69) is 37.2 Å². The Labute approximate surface area is 403 Å². The van der Waals surface area contributed by atoms with Crippen molar-refractivity contribution < 1.29 is 57.8 Å². The summed E-state index contributed by atoms with van der Waals surface area (Å²) in [6.45, 7) is 6.72. The smallest absolute Gasteiger partial charge is 0.246 e. The molecule has 68 heavy (non-hydrogen) atoms. The highest BCUT2D eigenvalue weighted by Crippen LogP contribution is 2.26. The van der Waals surface area contributed by atoms with Crippen molar-refractivity contribution in [1.29, 1.82) is 0 Å². The number of carbonyl (C=O) groups excluding carboxylic acids is 10. The molecule has 0 saturated carbocycles. The zero-order valence-corrected chi connectivity index (χ0v) is 40.5. The third-order valence-electron chi connectivity index (χ3n) is 11.2. The first-order chi connectivity index (χ1) is 32.3. The third kappa shape index (κ3) is 18.1. The fourth-order valence-electron chi connectivity index (χ4n) is 7.29. The van der Waals surface area contributed by atoms with Crippen LogP contribution in [0.2, 0.25) is 0 Å². The molecule has 2 aliphatic rings. The monoisotopic (exact) mass is 993 g/mol. The lowest BCUT2D eigenvalue weighted by Crippen LogP contribution is -2.63. The second kappa shape index (κ2) is 28.6. The van der Waals surface area contributed by atoms with Crippen LogP contribution >= 0.6 is 21.6 Å². The van der Waals surface area contributed by atoms with Crippen LogP contribution in [0.3, 0.4) is 0 Å². The molecular weight excluding hydrogens is 927 g/mol. The lowest BCUT2D eigenvalue weighted by molar-refractivity contribution is -0.142. The molecule has 2 heterocycles. The number of benzene rings is 1. The highest BCUT2D eigenvalue weighted by Gasteiger charge is 2.41. The molecule has 2 saturated heterocycles. The average Bonchev–Trinajstić information content (AvgIpc) is 3.79. The van der Waals surface area contributed by atoms with Crippen LogP contribution in [0.1, 0.15) is 78.2 Å². The quantitative estimate of drug-likeness (QED) is 0.0652. The summed E-state index contributed by atoms with van der Waals surface area (Å²) in [6, 6.07) is -2.62. The maximum atomic E-state index is 14.4. The third-order valence-corrected chi connectivity index (χ3v) is 13.6. The Kier molecular flexibility index (Phi) is 23.8. The molecule has 378 valence electrons. The standard InChI is InChI=1S/C43H67N11O12S2/c1-5-23(3)35-41(63)53-36(24(4)55)42(64)50-29(20-32(45)56)38(60)51-30(43(65)54-17-8-10-31(54)40(62)49-27(9-7-16-44)37(59)47-21-33(46)57)22-68-67-18-15-34(58)48-28(39(61)52-35)19-25-11-13-26(14-12-25)66-6-2/h11-14,23-24,27-31,35-36,55H,5-10,15-22,44H2,1-4H3,(H2,45,56)(H2,46,57)(H,47,59)(H,48,58)(H,49,62)(H,50,64)(H,51,60)(H,52,61)(H,53,63)/t23-,24+,27-,28?,29-,30?,31-,35-,36?/m0/s1. The Morgan fingerprint density at radius 3 is 2.15 bits per heavy atom. The van der Waals surface area contributed by atoms with E-state index in [4.69, 9.17) is 21.9 Å². The van der Waals surface area contributed by atoms with Crippen LogP contribution in [0.25, 0.3) is 0 Å². The van der Waals surface area contributed by atoms with E-state index in [1.807, 2.05) is 6.92 Å². The zero-order valence-electron chi connectivity index (χ0n) is 38.8. The number of carbonyl (C=O) groups is 10. The Balaban J connectivity index is 1.99. The number of nitrogens with one attached hydrogen (secondary N) is 7. The first kappa shape index (κ1) is 56.7. The maximum Gasteiger partial charge on any atom is 0.246 e. The molecule has 0 aliphatic carbocycles. The van der Waals surface area contributed by atoms with Crippen LogP contribution in [-0.2, 0) is 54.4 Å². The fourth-order valence-corrected chi connectivity index (χ4v) is 9.44. The molecule has 1 aromatic carbocycles. The van der Waals surface area contributed by atoms with Gasteiger partial charge in [0.2, 0.25) is 59.1 Å². The Morgan fingerprint density at radius 2 is 1.53 bits per heavy atom. The van der Waals surface area contributed by atoms with E-state index in [1.54, 1.807) is 38.1 Å². The molecule has 3 unspecified atom stereocenters.